The van der Waals surface area contributed by atoms with Crippen LogP contribution in [0.5, 0.6) is 0 Å². The molecule has 7 nitrogen and oxygen atoms in total. The first-order valence-electron chi connectivity index (χ1n) is 8.26. The number of thioether (sulfide) groups is 1. The first-order chi connectivity index (χ1) is 12.9. The van der Waals surface area contributed by atoms with Crippen molar-refractivity contribution in [3.8, 4) is 0 Å². The number of amides is 2. The van der Waals surface area contributed by atoms with Crippen LogP contribution in [0.25, 0.3) is 0 Å². The topological polar surface area (TPSA) is 88.6 Å². The summed E-state index contributed by atoms with van der Waals surface area (Å²) in [6, 6.07) is 10.2. The van der Waals surface area contributed by atoms with Crippen molar-refractivity contribution in [2.24, 2.45) is 0 Å². The van der Waals surface area contributed by atoms with E-state index in [0.717, 1.165) is 0 Å². The SMILES string of the molecule is CSc1ncccc1C(=O)OCC(=O)N1c2ccccc2NC(=O)C1(C)C. The maximum Gasteiger partial charge on any atom is 0.341 e. The van der Waals surface area contributed by atoms with E-state index in [1.807, 2.05) is 0 Å². The fraction of sp³-hybridized carbons (Fsp3) is 0.263. The number of nitrogens with zero attached hydrogens (tertiary/aromatic N) is 2. The van der Waals surface area contributed by atoms with Gasteiger partial charge in [0.2, 0.25) is 5.91 Å². The van der Waals surface area contributed by atoms with Crippen LogP contribution in [0.4, 0.5) is 11.4 Å². The largest absolute Gasteiger partial charge is 0.452 e. The molecule has 0 atom stereocenters. The van der Waals surface area contributed by atoms with E-state index in [1.165, 1.54) is 16.7 Å². The van der Waals surface area contributed by atoms with Crippen molar-refractivity contribution < 1.29 is 19.1 Å². The van der Waals surface area contributed by atoms with Crippen molar-refractivity contribution in [3.63, 3.8) is 0 Å². The Balaban J connectivity index is 1.81. The lowest BCUT2D eigenvalue weighted by molar-refractivity contribution is -0.128. The molecule has 1 aliphatic heterocycles. The van der Waals surface area contributed by atoms with Crippen LogP contribution in [-0.2, 0) is 14.3 Å². The van der Waals surface area contributed by atoms with Crippen molar-refractivity contribution in [1.82, 2.24) is 4.98 Å². The zero-order chi connectivity index (χ0) is 19.6. The van der Waals surface area contributed by atoms with Gasteiger partial charge in [0.1, 0.15) is 10.6 Å². The fourth-order valence-electron chi connectivity index (χ4n) is 2.88. The van der Waals surface area contributed by atoms with Crippen LogP contribution in [0, 0.1) is 0 Å². The molecular weight excluding hydrogens is 366 g/mol. The van der Waals surface area contributed by atoms with Crippen molar-refractivity contribution in [2.45, 2.75) is 24.4 Å². The van der Waals surface area contributed by atoms with E-state index in [2.05, 4.69) is 10.3 Å². The molecule has 2 aromatic rings. The van der Waals surface area contributed by atoms with E-state index in [0.29, 0.717) is 22.0 Å². The average Bonchev–Trinajstić information content (AvgIpc) is 2.66. The lowest BCUT2D eigenvalue weighted by Crippen LogP contribution is -2.59. The molecule has 0 fully saturated rings. The Labute approximate surface area is 161 Å². The van der Waals surface area contributed by atoms with Crippen LogP contribution in [0.1, 0.15) is 24.2 Å². The number of hydrogen-bond donors (Lipinski definition) is 1. The number of carbonyl (C=O) groups is 3. The Bertz CT molecular complexity index is 913. The standard InChI is InChI=1S/C19H19N3O4S/c1-19(2)18(25)21-13-8-4-5-9-14(13)22(19)15(23)11-26-17(24)12-7-6-10-20-16(12)27-3/h4-10H,11H2,1-3H3,(H,21,25). The molecule has 0 aliphatic carbocycles. The highest BCUT2D eigenvalue weighted by Crippen LogP contribution is 2.36. The zero-order valence-electron chi connectivity index (χ0n) is 15.2. The number of carbonyl (C=O) groups excluding carboxylic acids is 3. The van der Waals surface area contributed by atoms with Crippen molar-refractivity contribution in [2.75, 3.05) is 23.1 Å². The van der Waals surface area contributed by atoms with Crippen LogP contribution < -0.4 is 10.2 Å². The first-order valence-corrected chi connectivity index (χ1v) is 9.48. The molecule has 2 heterocycles. The summed E-state index contributed by atoms with van der Waals surface area (Å²) in [6.45, 7) is 2.81. The third kappa shape index (κ3) is 3.52. The number of rotatable bonds is 4. The van der Waals surface area contributed by atoms with Gasteiger partial charge in [0.15, 0.2) is 6.61 Å². The molecule has 8 heteroatoms. The van der Waals surface area contributed by atoms with Crippen LogP contribution in [0.3, 0.4) is 0 Å². The van der Waals surface area contributed by atoms with Gasteiger partial charge in [-0.05, 0) is 44.4 Å². The minimum atomic E-state index is -1.11. The maximum absolute atomic E-state index is 12.9. The molecule has 0 saturated carbocycles. The highest BCUT2D eigenvalue weighted by atomic mass is 32.2. The number of para-hydroxylation sites is 2. The van der Waals surface area contributed by atoms with Gasteiger partial charge in [-0.25, -0.2) is 9.78 Å². The Morgan fingerprint density at radius 1 is 1.22 bits per heavy atom. The van der Waals surface area contributed by atoms with Crippen molar-refractivity contribution in [3.05, 3.63) is 48.2 Å². The summed E-state index contributed by atoms with van der Waals surface area (Å²) < 4.78 is 5.21. The smallest absolute Gasteiger partial charge is 0.341 e. The summed E-state index contributed by atoms with van der Waals surface area (Å²) >= 11 is 1.32. The molecule has 0 radical (unpaired) electrons. The molecule has 2 amide bonds. The monoisotopic (exact) mass is 385 g/mol. The van der Waals surface area contributed by atoms with Gasteiger partial charge in [0.25, 0.3) is 5.91 Å². The third-order valence-electron chi connectivity index (χ3n) is 4.27. The van der Waals surface area contributed by atoms with Gasteiger partial charge in [-0.3, -0.25) is 14.5 Å². The third-order valence-corrected chi connectivity index (χ3v) is 4.98. The molecule has 1 aliphatic rings. The summed E-state index contributed by atoms with van der Waals surface area (Å²) in [6.07, 6.45) is 3.38. The second-order valence-electron chi connectivity index (χ2n) is 6.40. The van der Waals surface area contributed by atoms with Gasteiger partial charge < -0.3 is 10.1 Å². The number of pyridine rings is 1. The number of nitrogens with one attached hydrogen (secondary N) is 1. The Kier molecular flexibility index (Phi) is 5.18. The molecule has 1 aromatic carbocycles. The quantitative estimate of drug-likeness (QED) is 0.643. The molecule has 1 aromatic heterocycles. The number of esters is 1. The summed E-state index contributed by atoms with van der Waals surface area (Å²) in [5.74, 6) is -1.42. The molecule has 3 rings (SSSR count). The van der Waals surface area contributed by atoms with Gasteiger partial charge in [-0.15, -0.1) is 11.8 Å². The maximum atomic E-state index is 12.9. The number of benzene rings is 1. The zero-order valence-corrected chi connectivity index (χ0v) is 16.0. The number of aromatic nitrogens is 1. The fourth-order valence-corrected chi connectivity index (χ4v) is 3.41. The van der Waals surface area contributed by atoms with Gasteiger partial charge >= 0.3 is 5.97 Å². The molecule has 1 N–H and O–H groups in total. The van der Waals surface area contributed by atoms with Crippen LogP contribution >= 0.6 is 11.8 Å². The van der Waals surface area contributed by atoms with Gasteiger partial charge in [-0.2, -0.15) is 0 Å². The van der Waals surface area contributed by atoms with Crippen LogP contribution in [0.15, 0.2) is 47.6 Å². The summed E-state index contributed by atoms with van der Waals surface area (Å²) in [7, 11) is 0. The van der Waals surface area contributed by atoms with Gasteiger partial charge in [0.05, 0.1) is 16.9 Å². The number of ether oxygens (including phenoxy) is 1. The van der Waals surface area contributed by atoms with Crippen molar-refractivity contribution in [1.29, 1.82) is 0 Å². The number of anilines is 2. The molecule has 140 valence electrons. The van der Waals surface area contributed by atoms with Gasteiger partial charge in [-0.1, -0.05) is 12.1 Å². The summed E-state index contributed by atoms with van der Waals surface area (Å²) in [5, 5.41) is 3.32. The first kappa shape index (κ1) is 18.9. The predicted octanol–water partition coefficient (Wildman–Crippen LogP) is 2.72. The minimum absolute atomic E-state index is 0.300. The van der Waals surface area contributed by atoms with Crippen LogP contribution in [-0.4, -0.2) is 41.2 Å². The molecule has 0 saturated heterocycles. The van der Waals surface area contributed by atoms with E-state index in [1.54, 1.807) is 62.7 Å². The summed E-state index contributed by atoms with van der Waals surface area (Å²) in [4.78, 5) is 43.1. The average molecular weight is 385 g/mol. The molecule has 0 spiro atoms. The van der Waals surface area contributed by atoms with E-state index in [-0.39, 0.29) is 5.91 Å². The van der Waals surface area contributed by atoms with E-state index in [4.69, 9.17) is 4.74 Å². The normalized spacial score (nSPS) is 14.9. The Morgan fingerprint density at radius 2 is 1.96 bits per heavy atom. The minimum Gasteiger partial charge on any atom is -0.452 e. The van der Waals surface area contributed by atoms with E-state index in [9.17, 15) is 14.4 Å². The molecular formula is C19H19N3O4S. The number of fused-ring (bicyclic) bond motifs is 1. The van der Waals surface area contributed by atoms with Crippen molar-refractivity contribution >= 4 is 40.9 Å². The second kappa shape index (κ2) is 7.40. The van der Waals surface area contributed by atoms with Gasteiger partial charge in [0, 0.05) is 6.20 Å². The summed E-state index contributed by atoms with van der Waals surface area (Å²) in [5.41, 5.74) is 0.290. The lowest BCUT2D eigenvalue weighted by atomic mass is 9.96. The predicted molar refractivity (Wildman–Crippen MR) is 103 cm³/mol. The highest BCUT2D eigenvalue weighted by Gasteiger charge is 2.43. The van der Waals surface area contributed by atoms with E-state index >= 15 is 0 Å². The lowest BCUT2D eigenvalue weighted by Gasteiger charge is -2.41. The van der Waals surface area contributed by atoms with Crippen LogP contribution in [0.2, 0.25) is 0 Å². The Morgan fingerprint density at radius 3 is 2.70 bits per heavy atom. The molecule has 0 unspecified atom stereocenters. The second-order valence-corrected chi connectivity index (χ2v) is 7.19. The number of hydrogen-bond acceptors (Lipinski definition) is 6. The molecule has 0 bridgehead atoms. The van der Waals surface area contributed by atoms with E-state index < -0.39 is 24.0 Å². The Hall–Kier alpha value is -2.87. The molecule has 27 heavy (non-hydrogen) atoms. The highest BCUT2D eigenvalue weighted by molar-refractivity contribution is 7.98.